The summed E-state index contributed by atoms with van der Waals surface area (Å²) in [7, 11) is 0. The molecule has 2 aromatic rings. The van der Waals surface area contributed by atoms with Gasteiger partial charge in [0.05, 0.1) is 18.0 Å². The summed E-state index contributed by atoms with van der Waals surface area (Å²) in [6.07, 6.45) is -1.99. The Labute approximate surface area is 112 Å². The third-order valence-electron chi connectivity index (χ3n) is 2.60. The van der Waals surface area contributed by atoms with Gasteiger partial charge in [-0.3, -0.25) is 0 Å². The van der Waals surface area contributed by atoms with Crippen LogP contribution in [0.5, 0.6) is 0 Å². The second kappa shape index (κ2) is 5.58. The maximum atomic E-state index is 13.2. The fraction of sp³-hybridized carbons (Fsp3) is 0.333. The lowest BCUT2D eigenvalue weighted by atomic mass is 10.2. The second-order valence-electron chi connectivity index (χ2n) is 4.09. The number of halogens is 4. The number of alkyl halides is 3. The predicted molar refractivity (Wildman–Crippen MR) is 63.7 cm³/mol. The topological polar surface area (TPSA) is 42.7 Å². The Morgan fingerprint density at radius 3 is 2.65 bits per heavy atom. The number of aromatic nitrogens is 3. The highest BCUT2D eigenvalue weighted by Gasteiger charge is 2.32. The summed E-state index contributed by atoms with van der Waals surface area (Å²) in [5.74, 6) is -0.382. The van der Waals surface area contributed by atoms with E-state index in [1.807, 2.05) is 6.92 Å². The van der Waals surface area contributed by atoms with Crippen molar-refractivity contribution >= 4 is 0 Å². The first-order valence-electron chi connectivity index (χ1n) is 5.89. The van der Waals surface area contributed by atoms with Gasteiger partial charge >= 0.3 is 6.18 Å². The molecule has 108 valence electrons. The first-order chi connectivity index (χ1) is 9.41. The van der Waals surface area contributed by atoms with Crippen molar-refractivity contribution in [3.05, 3.63) is 41.6 Å². The largest absolute Gasteiger partial charge is 0.419 e. The third kappa shape index (κ3) is 3.13. The quantitative estimate of drug-likeness (QED) is 0.879. The van der Waals surface area contributed by atoms with Crippen molar-refractivity contribution < 1.29 is 17.6 Å². The van der Waals surface area contributed by atoms with Gasteiger partial charge in [-0.25, -0.2) is 14.1 Å². The van der Waals surface area contributed by atoms with Crippen molar-refractivity contribution in [1.29, 1.82) is 0 Å². The Morgan fingerprint density at radius 2 is 2.05 bits per heavy atom. The van der Waals surface area contributed by atoms with Crippen LogP contribution < -0.4 is 5.32 Å². The minimum absolute atomic E-state index is 0.169. The van der Waals surface area contributed by atoms with Crippen LogP contribution in [0.4, 0.5) is 17.6 Å². The first-order valence-corrected chi connectivity index (χ1v) is 5.89. The van der Waals surface area contributed by atoms with E-state index in [1.165, 1.54) is 6.07 Å². The summed E-state index contributed by atoms with van der Waals surface area (Å²) in [6, 6.07) is 1.22. The lowest BCUT2D eigenvalue weighted by Crippen LogP contribution is -2.15. The van der Waals surface area contributed by atoms with E-state index >= 15 is 0 Å². The van der Waals surface area contributed by atoms with Crippen LogP contribution in [0.25, 0.3) is 5.82 Å². The van der Waals surface area contributed by atoms with Gasteiger partial charge in [-0.1, -0.05) is 6.92 Å². The van der Waals surface area contributed by atoms with E-state index in [0.717, 1.165) is 17.1 Å². The van der Waals surface area contributed by atoms with Crippen LogP contribution in [-0.4, -0.2) is 21.3 Å². The molecule has 0 aliphatic rings. The smallest absolute Gasteiger partial charge is 0.313 e. The van der Waals surface area contributed by atoms with Gasteiger partial charge in [-0.2, -0.15) is 18.3 Å². The van der Waals surface area contributed by atoms with Crippen molar-refractivity contribution in [1.82, 2.24) is 20.1 Å². The SMILES string of the molecule is CCNCc1cc(F)cnc1-n1cc(C(F)(F)F)cn1. The van der Waals surface area contributed by atoms with E-state index in [0.29, 0.717) is 18.3 Å². The van der Waals surface area contributed by atoms with E-state index < -0.39 is 17.6 Å². The zero-order valence-electron chi connectivity index (χ0n) is 10.6. The molecule has 4 nitrogen and oxygen atoms in total. The molecule has 0 atom stereocenters. The molecule has 0 bridgehead atoms. The Hall–Kier alpha value is -1.96. The first kappa shape index (κ1) is 14.4. The molecule has 0 saturated heterocycles. The van der Waals surface area contributed by atoms with Crippen LogP contribution in [-0.2, 0) is 12.7 Å². The maximum absolute atomic E-state index is 13.2. The Morgan fingerprint density at radius 1 is 1.30 bits per heavy atom. The molecule has 0 aliphatic carbocycles. The Bertz CT molecular complexity index is 591. The van der Waals surface area contributed by atoms with Gasteiger partial charge in [0, 0.05) is 18.3 Å². The number of nitrogens with one attached hydrogen (secondary N) is 1. The molecular formula is C12H12F4N4. The molecule has 0 unspecified atom stereocenters. The van der Waals surface area contributed by atoms with Gasteiger partial charge in [-0.15, -0.1) is 0 Å². The summed E-state index contributed by atoms with van der Waals surface area (Å²) in [5, 5.41) is 6.60. The van der Waals surface area contributed by atoms with Crippen molar-refractivity contribution in [2.24, 2.45) is 0 Å². The zero-order valence-corrected chi connectivity index (χ0v) is 10.6. The number of rotatable bonds is 4. The molecule has 2 aromatic heterocycles. The molecule has 0 amide bonds. The molecule has 20 heavy (non-hydrogen) atoms. The van der Waals surface area contributed by atoms with Gasteiger partial charge in [0.2, 0.25) is 0 Å². The van der Waals surface area contributed by atoms with Crippen molar-refractivity contribution in [2.75, 3.05) is 6.54 Å². The average Bonchev–Trinajstić information content (AvgIpc) is 2.85. The Kier molecular flexibility index (Phi) is 4.03. The summed E-state index contributed by atoms with van der Waals surface area (Å²) in [4.78, 5) is 3.81. The number of hydrogen-bond acceptors (Lipinski definition) is 3. The molecule has 2 rings (SSSR count). The van der Waals surface area contributed by atoms with Crippen LogP contribution in [0.1, 0.15) is 18.1 Å². The fourth-order valence-electron chi connectivity index (χ4n) is 1.66. The normalized spacial score (nSPS) is 11.8. The van der Waals surface area contributed by atoms with Gasteiger partial charge in [0.15, 0.2) is 5.82 Å². The molecular weight excluding hydrogens is 276 g/mol. The number of pyridine rings is 1. The van der Waals surface area contributed by atoms with Crippen molar-refractivity contribution in [2.45, 2.75) is 19.6 Å². The van der Waals surface area contributed by atoms with Crippen molar-refractivity contribution in [3.63, 3.8) is 0 Å². The van der Waals surface area contributed by atoms with E-state index in [1.54, 1.807) is 0 Å². The summed E-state index contributed by atoms with van der Waals surface area (Å²) < 4.78 is 51.8. The molecule has 0 aliphatic heterocycles. The maximum Gasteiger partial charge on any atom is 0.419 e. The summed E-state index contributed by atoms with van der Waals surface area (Å²) in [6.45, 7) is 2.79. The van der Waals surface area contributed by atoms with Crippen LogP contribution in [0, 0.1) is 5.82 Å². The highest BCUT2D eigenvalue weighted by molar-refractivity contribution is 5.34. The van der Waals surface area contributed by atoms with Gasteiger partial charge in [-0.05, 0) is 12.6 Å². The number of nitrogens with zero attached hydrogens (tertiary/aromatic N) is 3. The highest BCUT2D eigenvalue weighted by Crippen LogP contribution is 2.29. The lowest BCUT2D eigenvalue weighted by Gasteiger charge is -2.09. The molecule has 0 radical (unpaired) electrons. The Balaban J connectivity index is 2.39. The van der Waals surface area contributed by atoms with Gasteiger partial charge in [0.25, 0.3) is 0 Å². The fourth-order valence-corrected chi connectivity index (χ4v) is 1.66. The molecule has 2 heterocycles. The third-order valence-corrected chi connectivity index (χ3v) is 2.60. The summed E-state index contributed by atoms with van der Waals surface area (Å²) >= 11 is 0. The molecule has 0 aromatic carbocycles. The monoisotopic (exact) mass is 288 g/mol. The molecule has 0 fully saturated rings. The number of hydrogen-bond donors (Lipinski definition) is 1. The van der Waals surface area contributed by atoms with E-state index in [-0.39, 0.29) is 12.4 Å². The van der Waals surface area contributed by atoms with Crippen LogP contribution in [0.3, 0.4) is 0 Å². The van der Waals surface area contributed by atoms with Crippen LogP contribution >= 0.6 is 0 Å². The minimum atomic E-state index is -4.47. The van der Waals surface area contributed by atoms with Crippen molar-refractivity contribution in [3.8, 4) is 5.82 Å². The summed E-state index contributed by atoms with van der Waals surface area (Å²) in [5.41, 5.74) is -0.443. The second-order valence-corrected chi connectivity index (χ2v) is 4.09. The van der Waals surface area contributed by atoms with E-state index in [9.17, 15) is 17.6 Å². The highest BCUT2D eigenvalue weighted by atomic mass is 19.4. The van der Waals surface area contributed by atoms with Crippen LogP contribution in [0.2, 0.25) is 0 Å². The molecule has 0 spiro atoms. The predicted octanol–water partition coefficient (Wildman–Crippen LogP) is 2.53. The minimum Gasteiger partial charge on any atom is -0.313 e. The van der Waals surface area contributed by atoms with Gasteiger partial charge in [0.1, 0.15) is 5.82 Å². The molecule has 0 saturated carbocycles. The van der Waals surface area contributed by atoms with Gasteiger partial charge < -0.3 is 5.32 Å². The van der Waals surface area contributed by atoms with E-state index in [4.69, 9.17) is 0 Å². The standard InChI is InChI=1S/C12H12F4N4/c1-2-17-4-8-3-10(13)6-18-11(8)20-7-9(5-19-20)12(14,15)16/h3,5-7,17H,2,4H2,1H3. The van der Waals surface area contributed by atoms with E-state index in [2.05, 4.69) is 15.4 Å². The van der Waals surface area contributed by atoms with Crippen LogP contribution in [0.15, 0.2) is 24.7 Å². The molecule has 1 N–H and O–H groups in total. The average molecular weight is 288 g/mol. The molecule has 8 heteroatoms. The lowest BCUT2D eigenvalue weighted by molar-refractivity contribution is -0.137. The zero-order chi connectivity index (χ0) is 14.8.